The number of allylic oxidation sites excluding steroid dienone is 2. The SMILES string of the molecule is CCCCCCCCCC/C=C\CCCCCCCCC(O)C(=O)NC(COC1OC(CO)C(O)C(O)C1O)C(O)C(O)CCCCCCCCCCCCCCCCCCCCCC. The van der Waals surface area contributed by atoms with Crippen LogP contribution in [0.15, 0.2) is 12.2 Å². The lowest BCUT2D eigenvalue weighted by molar-refractivity contribution is -0.303. The summed E-state index contributed by atoms with van der Waals surface area (Å²) in [5.74, 6) is -0.698. The highest BCUT2D eigenvalue weighted by Crippen LogP contribution is 2.23. The minimum atomic E-state index is -1.66. The molecule has 9 atom stereocenters. The number of amides is 1. The third-order valence-corrected chi connectivity index (χ3v) is 13.6. The predicted molar refractivity (Wildman–Crippen MR) is 266 cm³/mol. The zero-order valence-electron chi connectivity index (χ0n) is 42.0. The second-order valence-electron chi connectivity index (χ2n) is 19.7. The molecule has 11 heteroatoms. The molecule has 0 radical (unpaired) electrons. The molecule has 1 amide bonds. The quantitative estimate of drug-likeness (QED) is 0.0215. The summed E-state index contributed by atoms with van der Waals surface area (Å²) in [5, 5.41) is 76.1. The number of nitrogens with one attached hydrogen (secondary N) is 1. The monoisotopic (exact) mass is 928 g/mol. The third kappa shape index (κ3) is 33.1. The maximum Gasteiger partial charge on any atom is 0.249 e. The zero-order chi connectivity index (χ0) is 47.6. The van der Waals surface area contributed by atoms with Gasteiger partial charge in [0.1, 0.15) is 36.6 Å². The average Bonchev–Trinajstić information content (AvgIpc) is 3.31. The number of hydrogen-bond donors (Lipinski definition) is 8. The molecular weight excluding hydrogens is 823 g/mol. The smallest absolute Gasteiger partial charge is 0.249 e. The Morgan fingerprint density at radius 3 is 1.29 bits per heavy atom. The van der Waals surface area contributed by atoms with Gasteiger partial charge in [-0.1, -0.05) is 231 Å². The van der Waals surface area contributed by atoms with Gasteiger partial charge in [0.25, 0.3) is 0 Å². The predicted octanol–water partition coefficient (Wildman–Crippen LogP) is 10.8. The lowest BCUT2D eigenvalue weighted by atomic mass is 9.98. The van der Waals surface area contributed by atoms with Gasteiger partial charge in [-0.15, -0.1) is 0 Å². The average molecular weight is 928 g/mol. The number of ether oxygens (including phenoxy) is 2. The summed E-state index contributed by atoms with van der Waals surface area (Å²) in [7, 11) is 0. The van der Waals surface area contributed by atoms with Crippen molar-refractivity contribution < 1.29 is 50.0 Å². The first kappa shape index (κ1) is 61.9. The largest absolute Gasteiger partial charge is 0.394 e. The Balaban J connectivity index is 2.35. The van der Waals surface area contributed by atoms with Gasteiger partial charge in [0.05, 0.1) is 25.4 Å². The van der Waals surface area contributed by atoms with Crippen LogP contribution < -0.4 is 5.32 Å². The van der Waals surface area contributed by atoms with Gasteiger partial charge >= 0.3 is 0 Å². The summed E-state index contributed by atoms with van der Waals surface area (Å²) in [6.07, 6.45) is 38.2. The molecule has 0 aromatic rings. The van der Waals surface area contributed by atoms with Crippen LogP contribution in [0.4, 0.5) is 0 Å². The molecule has 9 unspecified atom stereocenters. The number of carbonyl (C=O) groups excluding carboxylic acids is 1. The molecule has 1 saturated heterocycles. The van der Waals surface area contributed by atoms with Crippen molar-refractivity contribution >= 4 is 5.91 Å². The van der Waals surface area contributed by atoms with Gasteiger partial charge in [-0.3, -0.25) is 4.79 Å². The van der Waals surface area contributed by atoms with Crippen molar-refractivity contribution in [2.75, 3.05) is 13.2 Å². The molecule has 65 heavy (non-hydrogen) atoms. The fourth-order valence-corrected chi connectivity index (χ4v) is 9.03. The Morgan fingerprint density at radius 1 is 0.523 bits per heavy atom. The first-order valence-corrected chi connectivity index (χ1v) is 27.6. The number of aliphatic hydroxyl groups is 7. The van der Waals surface area contributed by atoms with E-state index >= 15 is 0 Å². The number of hydrogen-bond acceptors (Lipinski definition) is 10. The van der Waals surface area contributed by atoms with Crippen molar-refractivity contribution in [1.29, 1.82) is 0 Å². The number of aliphatic hydroxyl groups excluding tert-OH is 7. The summed E-state index contributed by atoms with van der Waals surface area (Å²) >= 11 is 0. The maximum atomic E-state index is 13.1. The molecule has 0 aliphatic carbocycles. The van der Waals surface area contributed by atoms with Crippen molar-refractivity contribution in [2.45, 2.75) is 313 Å². The lowest BCUT2D eigenvalue weighted by Crippen LogP contribution is -2.60. The summed E-state index contributed by atoms with van der Waals surface area (Å²) < 4.78 is 11.1. The Morgan fingerprint density at radius 2 is 0.892 bits per heavy atom. The highest BCUT2D eigenvalue weighted by molar-refractivity contribution is 5.80. The minimum Gasteiger partial charge on any atom is -0.394 e. The van der Waals surface area contributed by atoms with Crippen LogP contribution in [-0.2, 0) is 14.3 Å². The Hall–Kier alpha value is -1.15. The molecule has 1 aliphatic rings. The van der Waals surface area contributed by atoms with Crippen LogP contribution in [0, 0.1) is 0 Å². The highest BCUT2D eigenvalue weighted by Gasteiger charge is 2.44. The molecule has 0 saturated carbocycles. The van der Waals surface area contributed by atoms with E-state index in [1.807, 2.05) is 0 Å². The molecule has 1 fully saturated rings. The van der Waals surface area contributed by atoms with E-state index in [0.717, 1.165) is 51.4 Å². The fourth-order valence-electron chi connectivity index (χ4n) is 9.03. The van der Waals surface area contributed by atoms with E-state index in [1.165, 1.54) is 167 Å². The summed E-state index contributed by atoms with van der Waals surface area (Å²) in [6, 6.07) is -1.17. The van der Waals surface area contributed by atoms with Gasteiger partial charge in [-0.25, -0.2) is 0 Å². The van der Waals surface area contributed by atoms with E-state index in [9.17, 15) is 40.5 Å². The molecule has 11 nitrogen and oxygen atoms in total. The Labute approximate surface area is 398 Å². The van der Waals surface area contributed by atoms with Crippen molar-refractivity contribution in [3.8, 4) is 0 Å². The van der Waals surface area contributed by atoms with E-state index in [0.29, 0.717) is 19.3 Å². The van der Waals surface area contributed by atoms with E-state index in [1.54, 1.807) is 0 Å². The van der Waals surface area contributed by atoms with Gasteiger partial charge in [0.2, 0.25) is 5.91 Å². The molecule has 8 N–H and O–H groups in total. The van der Waals surface area contributed by atoms with E-state index < -0.39 is 74.2 Å². The summed E-state index contributed by atoms with van der Waals surface area (Å²) in [5.41, 5.74) is 0. The Kier molecular flexibility index (Phi) is 42.0. The number of carbonyl (C=O) groups is 1. The van der Waals surface area contributed by atoms with E-state index in [4.69, 9.17) is 9.47 Å². The van der Waals surface area contributed by atoms with Crippen LogP contribution in [0.5, 0.6) is 0 Å². The molecule has 1 aliphatic heterocycles. The van der Waals surface area contributed by atoms with Crippen LogP contribution >= 0.6 is 0 Å². The van der Waals surface area contributed by atoms with Crippen molar-refractivity contribution in [1.82, 2.24) is 5.32 Å². The molecule has 386 valence electrons. The lowest BCUT2D eigenvalue weighted by Gasteiger charge is -2.40. The van der Waals surface area contributed by atoms with E-state index in [2.05, 4.69) is 31.3 Å². The third-order valence-electron chi connectivity index (χ3n) is 13.6. The second kappa shape index (κ2) is 44.1. The second-order valence-corrected chi connectivity index (χ2v) is 19.7. The standard InChI is InChI=1S/C54H105NO10/c1-3-5-7-9-11-13-15-17-19-21-23-24-26-27-29-31-33-35-37-39-41-46(57)49(59)45(44-64-54-52(62)51(61)50(60)48(43-56)65-54)55-53(63)47(58)42-40-38-36-34-32-30-28-25-22-20-18-16-14-12-10-8-6-4-2/h22,25,45-52,54,56-62H,3-21,23-24,26-44H2,1-2H3,(H,55,63)/b25-22-. The van der Waals surface area contributed by atoms with Gasteiger partial charge in [0.15, 0.2) is 6.29 Å². The van der Waals surface area contributed by atoms with Crippen LogP contribution in [-0.4, -0.2) is 110 Å². The minimum absolute atomic E-state index is 0.256. The molecule has 0 aromatic heterocycles. The van der Waals surface area contributed by atoms with Gasteiger partial charge in [-0.05, 0) is 38.5 Å². The molecule has 0 spiro atoms. The zero-order valence-corrected chi connectivity index (χ0v) is 42.0. The molecular formula is C54H105NO10. The fraction of sp³-hybridized carbons (Fsp3) is 0.944. The van der Waals surface area contributed by atoms with Gasteiger partial charge < -0.3 is 50.5 Å². The summed E-state index contributed by atoms with van der Waals surface area (Å²) in [6.45, 7) is 3.48. The van der Waals surface area contributed by atoms with Crippen molar-refractivity contribution in [3.63, 3.8) is 0 Å². The first-order chi connectivity index (χ1) is 31.7. The highest BCUT2D eigenvalue weighted by atomic mass is 16.7. The van der Waals surface area contributed by atoms with Crippen molar-refractivity contribution in [2.24, 2.45) is 0 Å². The first-order valence-electron chi connectivity index (χ1n) is 27.6. The molecule has 1 rings (SSSR count). The maximum absolute atomic E-state index is 13.1. The molecule has 0 aromatic carbocycles. The van der Waals surface area contributed by atoms with Crippen LogP contribution in [0.2, 0.25) is 0 Å². The normalized spacial score (nSPS) is 20.9. The number of unbranched alkanes of at least 4 members (excludes halogenated alkanes) is 33. The van der Waals surface area contributed by atoms with Crippen LogP contribution in [0.1, 0.15) is 258 Å². The van der Waals surface area contributed by atoms with Gasteiger partial charge in [0, 0.05) is 0 Å². The molecule has 1 heterocycles. The van der Waals surface area contributed by atoms with Crippen LogP contribution in [0.25, 0.3) is 0 Å². The van der Waals surface area contributed by atoms with Crippen molar-refractivity contribution in [3.05, 3.63) is 12.2 Å². The number of rotatable bonds is 47. The van der Waals surface area contributed by atoms with Crippen LogP contribution in [0.3, 0.4) is 0 Å². The molecule has 0 bridgehead atoms. The summed E-state index contributed by atoms with van der Waals surface area (Å²) in [4.78, 5) is 13.1. The van der Waals surface area contributed by atoms with E-state index in [-0.39, 0.29) is 6.42 Å². The topological polar surface area (TPSA) is 189 Å². The van der Waals surface area contributed by atoms with Gasteiger partial charge in [-0.2, -0.15) is 0 Å². The Bertz CT molecular complexity index is 1060.